The maximum Gasteiger partial charge on any atom is 0.342 e. The smallest absolute Gasteiger partial charge is 0.342 e. The van der Waals surface area contributed by atoms with Crippen molar-refractivity contribution in [3.63, 3.8) is 0 Å². The number of hydrogen-bond acceptors (Lipinski definition) is 6. The van der Waals surface area contributed by atoms with Crippen molar-refractivity contribution in [2.24, 2.45) is 0 Å². The Hall–Kier alpha value is -3.39. The van der Waals surface area contributed by atoms with Gasteiger partial charge in [-0.2, -0.15) is 0 Å². The molecule has 2 heterocycles. The van der Waals surface area contributed by atoms with Crippen LogP contribution in [0.2, 0.25) is 0 Å². The molecule has 0 aliphatic rings. The van der Waals surface area contributed by atoms with Gasteiger partial charge < -0.3 is 19.4 Å². The highest BCUT2D eigenvalue weighted by Gasteiger charge is 2.26. The number of anilines is 1. The number of amides is 1. The molecule has 29 heavy (non-hydrogen) atoms. The van der Waals surface area contributed by atoms with E-state index in [9.17, 15) is 14.4 Å². The topological polar surface area (TPSA) is 86.6 Å². The Balaban J connectivity index is 1.84. The normalized spacial score (nSPS) is 10.4. The highest BCUT2D eigenvalue weighted by molar-refractivity contribution is 7.15. The Bertz CT molecular complexity index is 1010. The quantitative estimate of drug-likeness (QED) is 0.589. The first-order valence-electron chi connectivity index (χ1n) is 9.05. The van der Waals surface area contributed by atoms with Crippen LogP contribution in [0.1, 0.15) is 44.9 Å². The highest BCUT2D eigenvalue weighted by Crippen LogP contribution is 2.30. The van der Waals surface area contributed by atoms with Gasteiger partial charge in [-0.3, -0.25) is 4.79 Å². The minimum atomic E-state index is -0.685. The van der Waals surface area contributed by atoms with Gasteiger partial charge in [-0.1, -0.05) is 0 Å². The fraction of sp³-hybridized carbons (Fsp3) is 0.190. The molecule has 7 nitrogen and oxygen atoms in total. The molecule has 0 aliphatic heterocycles. The molecule has 0 spiro atoms. The monoisotopic (exact) mass is 412 g/mol. The molecule has 0 unspecified atom stereocenters. The molecule has 0 atom stereocenters. The number of nitrogens with one attached hydrogen (secondary N) is 1. The number of carbonyl (C=O) groups is 3. The van der Waals surface area contributed by atoms with Crippen LogP contribution in [0.25, 0.3) is 5.69 Å². The number of aromatic nitrogens is 1. The summed E-state index contributed by atoms with van der Waals surface area (Å²) in [5, 5.41) is 4.42. The summed E-state index contributed by atoms with van der Waals surface area (Å²) in [6.45, 7) is 3.66. The summed E-state index contributed by atoms with van der Waals surface area (Å²) in [4.78, 5) is 37.2. The molecular formula is C21H20N2O5S. The van der Waals surface area contributed by atoms with Crippen molar-refractivity contribution in [1.29, 1.82) is 0 Å². The molecule has 0 radical (unpaired) electrons. The van der Waals surface area contributed by atoms with Gasteiger partial charge in [0.15, 0.2) is 0 Å². The predicted molar refractivity (Wildman–Crippen MR) is 110 cm³/mol. The summed E-state index contributed by atoms with van der Waals surface area (Å²) in [6.07, 6.45) is 3.81. The zero-order valence-electron chi connectivity index (χ0n) is 16.0. The number of ether oxygens (including phenoxy) is 2. The second kappa shape index (κ2) is 9.20. The van der Waals surface area contributed by atoms with Gasteiger partial charge in [-0.15, -0.1) is 11.3 Å². The van der Waals surface area contributed by atoms with Crippen LogP contribution in [0, 0.1) is 0 Å². The van der Waals surface area contributed by atoms with Gasteiger partial charge in [0.2, 0.25) is 0 Å². The minimum absolute atomic E-state index is 0.00705. The number of rotatable bonds is 7. The number of carbonyl (C=O) groups excluding carboxylic acids is 3. The van der Waals surface area contributed by atoms with E-state index in [0.717, 1.165) is 17.0 Å². The largest absolute Gasteiger partial charge is 0.462 e. The molecule has 0 saturated heterocycles. The molecule has 1 aromatic carbocycles. The van der Waals surface area contributed by atoms with E-state index in [4.69, 9.17) is 9.47 Å². The standard InChI is InChI=1S/C21H20N2O5S/c1-3-27-20(25)16-13-29-19(17(16)21(26)28-4-2)22-18(24)14-7-9-15(10-8-14)23-11-5-6-12-23/h5-13H,3-4H2,1-2H3,(H,22,24). The number of benzene rings is 1. The zero-order chi connectivity index (χ0) is 20.8. The second-order valence-corrected chi connectivity index (χ2v) is 6.77. The van der Waals surface area contributed by atoms with Gasteiger partial charge in [0, 0.05) is 29.0 Å². The van der Waals surface area contributed by atoms with Crippen LogP contribution in [0.5, 0.6) is 0 Å². The van der Waals surface area contributed by atoms with Gasteiger partial charge in [0.25, 0.3) is 5.91 Å². The molecule has 1 N–H and O–H groups in total. The fourth-order valence-corrected chi connectivity index (χ4v) is 3.59. The van der Waals surface area contributed by atoms with Crippen LogP contribution in [-0.4, -0.2) is 35.6 Å². The third kappa shape index (κ3) is 4.55. The Kier molecular flexibility index (Phi) is 6.46. The van der Waals surface area contributed by atoms with Crippen molar-refractivity contribution in [2.75, 3.05) is 18.5 Å². The van der Waals surface area contributed by atoms with Crippen LogP contribution >= 0.6 is 11.3 Å². The Morgan fingerprint density at radius 3 is 2.21 bits per heavy atom. The second-order valence-electron chi connectivity index (χ2n) is 5.89. The van der Waals surface area contributed by atoms with Gasteiger partial charge in [-0.05, 0) is 50.2 Å². The first kappa shape index (κ1) is 20.3. The molecule has 0 aliphatic carbocycles. The predicted octanol–water partition coefficient (Wildman–Crippen LogP) is 4.14. The molecule has 2 aromatic heterocycles. The summed E-state index contributed by atoms with van der Waals surface area (Å²) in [7, 11) is 0. The van der Waals surface area contributed by atoms with E-state index in [1.807, 2.05) is 41.2 Å². The van der Waals surface area contributed by atoms with E-state index in [-0.39, 0.29) is 29.3 Å². The van der Waals surface area contributed by atoms with Crippen molar-refractivity contribution in [1.82, 2.24) is 4.57 Å². The van der Waals surface area contributed by atoms with E-state index in [1.165, 1.54) is 5.38 Å². The molecule has 3 rings (SSSR count). The molecule has 150 valence electrons. The molecule has 0 fully saturated rings. The average molecular weight is 412 g/mol. The highest BCUT2D eigenvalue weighted by atomic mass is 32.1. The van der Waals surface area contributed by atoms with Gasteiger partial charge in [-0.25, -0.2) is 9.59 Å². The average Bonchev–Trinajstić information content (AvgIpc) is 3.39. The van der Waals surface area contributed by atoms with Crippen molar-refractivity contribution >= 4 is 34.2 Å². The van der Waals surface area contributed by atoms with Crippen molar-refractivity contribution < 1.29 is 23.9 Å². The molecule has 1 amide bonds. The summed E-state index contributed by atoms with van der Waals surface area (Å²) >= 11 is 1.07. The van der Waals surface area contributed by atoms with Crippen molar-refractivity contribution in [3.05, 3.63) is 70.9 Å². The number of hydrogen-bond donors (Lipinski definition) is 1. The molecule has 3 aromatic rings. The lowest BCUT2D eigenvalue weighted by molar-refractivity contribution is 0.0481. The summed E-state index contributed by atoms with van der Waals surface area (Å²) in [6, 6.07) is 10.8. The lowest BCUT2D eigenvalue weighted by Gasteiger charge is -2.09. The Morgan fingerprint density at radius 1 is 0.966 bits per heavy atom. The first-order valence-corrected chi connectivity index (χ1v) is 9.93. The lowest BCUT2D eigenvalue weighted by Crippen LogP contribution is -2.17. The van der Waals surface area contributed by atoms with Gasteiger partial charge in [0.05, 0.1) is 18.8 Å². The first-order chi connectivity index (χ1) is 14.0. The number of thiophene rings is 1. The fourth-order valence-electron chi connectivity index (χ4n) is 2.68. The van der Waals surface area contributed by atoms with E-state index in [1.54, 1.807) is 26.0 Å². The maximum absolute atomic E-state index is 12.7. The molecule has 8 heteroatoms. The van der Waals surface area contributed by atoms with Crippen molar-refractivity contribution in [2.45, 2.75) is 13.8 Å². The van der Waals surface area contributed by atoms with Crippen LogP contribution < -0.4 is 5.32 Å². The third-order valence-corrected chi connectivity index (χ3v) is 4.92. The van der Waals surface area contributed by atoms with Gasteiger partial charge >= 0.3 is 11.9 Å². The van der Waals surface area contributed by atoms with E-state index >= 15 is 0 Å². The lowest BCUT2D eigenvalue weighted by atomic mass is 10.1. The molecular weight excluding hydrogens is 392 g/mol. The number of esters is 2. The van der Waals surface area contributed by atoms with Gasteiger partial charge in [0.1, 0.15) is 10.6 Å². The molecule has 0 saturated carbocycles. The van der Waals surface area contributed by atoms with E-state index in [0.29, 0.717) is 5.56 Å². The number of nitrogens with zero attached hydrogens (tertiary/aromatic N) is 1. The van der Waals surface area contributed by atoms with E-state index in [2.05, 4.69) is 5.32 Å². The molecule has 0 bridgehead atoms. The minimum Gasteiger partial charge on any atom is -0.462 e. The Labute approximate surface area is 171 Å². The Morgan fingerprint density at radius 2 is 1.59 bits per heavy atom. The maximum atomic E-state index is 12.7. The summed E-state index contributed by atoms with van der Waals surface area (Å²) in [5.74, 6) is -1.72. The van der Waals surface area contributed by atoms with Crippen LogP contribution in [0.15, 0.2) is 54.2 Å². The van der Waals surface area contributed by atoms with Crippen LogP contribution in [0.3, 0.4) is 0 Å². The van der Waals surface area contributed by atoms with Crippen LogP contribution in [-0.2, 0) is 9.47 Å². The van der Waals surface area contributed by atoms with Crippen LogP contribution in [0.4, 0.5) is 5.00 Å². The zero-order valence-corrected chi connectivity index (χ0v) is 16.8. The summed E-state index contributed by atoms with van der Waals surface area (Å²) in [5.41, 5.74) is 1.42. The SMILES string of the molecule is CCOC(=O)c1csc(NC(=O)c2ccc(-n3cccc3)cc2)c1C(=O)OCC. The van der Waals surface area contributed by atoms with Crippen molar-refractivity contribution in [3.8, 4) is 5.69 Å². The summed E-state index contributed by atoms with van der Waals surface area (Å²) < 4.78 is 12.0. The third-order valence-electron chi connectivity index (χ3n) is 4.03. The van der Waals surface area contributed by atoms with E-state index < -0.39 is 17.8 Å².